The number of nitrogens with one attached hydrogen (secondary N) is 1. The highest BCUT2D eigenvalue weighted by atomic mass is 16.5. The smallest absolute Gasteiger partial charge is 0.131 e. The van der Waals surface area contributed by atoms with E-state index < -0.39 is 0 Å². The van der Waals surface area contributed by atoms with E-state index in [1.807, 2.05) is 19.2 Å². The van der Waals surface area contributed by atoms with Gasteiger partial charge in [-0.2, -0.15) is 0 Å². The molecule has 2 atom stereocenters. The number of hydrogen-bond donors (Lipinski definition) is 1. The molecular formula is C16H25NO4. The number of hydrogen-bond acceptors (Lipinski definition) is 5. The first-order valence-corrected chi connectivity index (χ1v) is 7.30. The summed E-state index contributed by atoms with van der Waals surface area (Å²) in [4.78, 5) is 0. The molecule has 1 aromatic carbocycles. The van der Waals surface area contributed by atoms with Gasteiger partial charge in [-0.15, -0.1) is 0 Å². The predicted octanol–water partition coefficient (Wildman–Crippen LogP) is 2.40. The third kappa shape index (κ3) is 3.41. The van der Waals surface area contributed by atoms with E-state index in [2.05, 4.69) is 5.32 Å². The average molecular weight is 295 g/mol. The van der Waals surface area contributed by atoms with Gasteiger partial charge in [0.15, 0.2) is 0 Å². The molecule has 0 spiro atoms. The van der Waals surface area contributed by atoms with Gasteiger partial charge in [0.25, 0.3) is 0 Å². The van der Waals surface area contributed by atoms with Gasteiger partial charge in [0.05, 0.1) is 33.5 Å². The first-order chi connectivity index (χ1) is 10.2. The second kappa shape index (κ2) is 7.52. The molecule has 0 amide bonds. The van der Waals surface area contributed by atoms with Crippen molar-refractivity contribution in [2.75, 3.05) is 41.6 Å². The van der Waals surface area contributed by atoms with Crippen molar-refractivity contribution in [1.29, 1.82) is 0 Å². The van der Waals surface area contributed by atoms with Crippen LogP contribution in [0.15, 0.2) is 12.1 Å². The zero-order valence-corrected chi connectivity index (χ0v) is 13.3. The summed E-state index contributed by atoms with van der Waals surface area (Å²) >= 11 is 0. The summed E-state index contributed by atoms with van der Waals surface area (Å²) in [5.41, 5.74) is 1.03. The first-order valence-electron chi connectivity index (χ1n) is 7.30. The van der Waals surface area contributed by atoms with Gasteiger partial charge in [-0.25, -0.2) is 0 Å². The Bertz CT molecular complexity index is 433. The topological polar surface area (TPSA) is 49.0 Å². The van der Waals surface area contributed by atoms with Gasteiger partial charge in [-0.1, -0.05) is 0 Å². The maximum atomic E-state index is 5.63. The fraction of sp³-hybridized carbons (Fsp3) is 0.625. The van der Waals surface area contributed by atoms with E-state index in [1.54, 1.807) is 21.3 Å². The van der Waals surface area contributed by atoms with Crippen LogP contribution in [0.2, 0.25) is 0 Å². The summed E-state index contributed by atoms with van der Waals surface area (Å²) in [5, 5.41) is 3.39. The summed E-state index contributed by atoms with van der Waals surface area (Å²) in [7, 11) is 6.93. The standard InChI is InChI=1S/C16H25NO4/c1-17-16(11-6-5-7-21-10-11)15-13(19-3)8-12(18-2)9-14(15)20-4/h8-9,11,16-17H,5-7,10H2,1-4H3. The number of ether oxygens (including phenoxy) is 4. The zero-order chi connectivity index (χ0) is 15.2. The molecule has 0 aliphatic carbocycles. The second-order valence-electron chi connectivity index (χ2n) is 5.19. The zero-order valence-electron chi connectivity index (χ0n) is 13.3. The summed E-state index contributed by atoms with van der Waals surface area (Å²) in [6, 6.07) is 3.92. The molecule has 0 saturated carbocycles. The van der Waals surface area contributed by atoms with Crippen LogP contribution in [-0.2, 0) is 4.74 Å². The van der Waals surface area contributed by atoms with Crippen molar-refractivity contribution in [3.63, 3.8) is 0 Å². The van der Waals surface area contributed by atoms with Gasteiger partial charge < -0.3 is 24.3 Å². The first kappa shape index (κ1) is 15.9. The molecule has 0 aromatic heterocycles. The molecule has 5 heteroatoms. The van der Waals surface area contributed by atoms with Gasteiger partial charge in [-0.05, 0) is 19.9 Å². The third-order valence-corrected chi connectivity index (χ3v) is 4.04. The Morgan fingerprint density at radius 1 is 1.14 bits per heavy atom. The molecule has 1 N–H and O–H groups in total. The van der Waals surface area contributed by atoms with E-state index in [0.29, 0.717) is 5.92 Å². The second-order valence-corrected chi connectivity index (χ2v) is 5.19. The quantitative estimate of drug-likeness (QED) is 0.873. The predicted molar refractivity (Wildman–Crippen MR) is 81.4 cm³/mol. The summed E-state index contributed by atoms with van der Waals surface area (Å²) in [6.45, 7) is 1.60. The number of rotatable bonds is 6. The SMILES string of the molecule is CNC(c1c(OC)cc(OC)cc1OC)C1CCCOC1. The van der Waals surface area contributed by atoms with E-state index >= 15 is 0 Å². The lowest BCUT2D eigenvalue weighted by Gasteiger charge is -2.32. The molecule has 1 aromatic rings. The van der Waals surface area contributed by atoms with Crippen LogP contribution < -0.4 is 19.5 Å². The highest BCUT2D eigenvalue weighted by Gasteiger charge is 2.30. The van der Waals surface area contributed by atoms with Crippen LogP contribution in [0.1, 0.15) is 24.4 Å². The Kier molecular flexibility index (Phi) is 5.70. The van der Waals surface area contributed by atoms with E-state index in [4.69, 9.17) is 18.9 Å². The van der Waals surface area contributed by atoms with E-state index in [1.165, 1.54) is 0 Å². The van der Waals surface area contributed by atoms with Crippen molar-refractivity contribution in [1.82, 2.24) is 5.32 Å². The molecule has 118 valence electrons. The molecule has 1 heterocycles. The number of benzene rings is 1. The summed E-state index contributed by atoms with van der Waals surface area (Å²) in [6.07, 6.45) is 2.22. The van der Waals surface area contributed by atoms with Gasteiger partial charge in [0.2, 0.25) is 0 Å². The molecule has 1 aliphatic rings. The van der Waals surface area contributed by atoms with Crippen LogP contribution in [0.4, 0.5) is 0 Å². The van der Waals surface area contributed by atoms with Crippen LogP contribution in [0.3, 0.4) is 0 Å². The number of methoxy groups -OCH3 is 3. The lowest BCUT2D eigenvalue weighted by atomic mass is 9.87. The lowest BCUT2D eigenvalue weighted by molar-refractivity contribution is 0.0395. The molecule has 1 fully saturated rings. The van der Waals surface area contributed by atoms with Gasteiger partial charge in [-0.3, -0.25) is 0 Å². The molecule has 1 saturated heterocycles. The average Bonchev–Trinajstić information content (AvgIpc) is 2.56. The van der Waals surface area contributed by atoms with Crippen LogP contribution in [-0.4, -0.2) is 41.6 Å². The highest BCUT2D eigenvalue weighted by Crippen LogP contribution is 2.42. The van der Waals surface area contributed by atoms with Crippen LogP contribution in [0.5, 0.6) is 17.2 Å². The minimum atomic E-state index is 0.126. The van der Waals surface area contributed by atoms with Crippen LogP contribution in [0.25, 0.3) is 0 Å². The largest absolute Gasteiger partial charge is 0.496 e. The molecule has 21 heavy (non-hydrogen) atoms. The van der Waals surface area contributed by atoms with Crippen molar-refractivity contribution >= 4 is 0 Å². The van der Waals surface area contributed by atoms with Crippen molar-refractivity contribution in [3.8, 4) is 17.2 Å². The van der Waals surface area contributed by atoms with Crippen LogP contribution >= 0.6 is 0 Å². The Balaban J connectivity index is 2.42. The third-order valence-electron chi connectivity index (χ3n) is 4.04. The van der Waals surface area contributed by atoms with Crippen molar-refractivity contribution in [2.45, 2.75) is 18.9 Å². The fourth-order valence-corrected chi connectivity index (χ4v) is 2.98. The van der Waals surface area contributed by atoms with Gasteiger partial charge in [0, 0.05) is 30.7 Å². The molecule has 2 rings (SSSR count). The Hall–Kier alpha value is -1.46. The van der Waals surface area contributed by atoms with Crippen molar-refractivity contribution < 1.29 is 18.9 Å². The molecule has 5 nitrogen and oxygen atoms in total. The summed E-state index contributed by atoms with van der Waals surface area (Å²) in [5.74, 6) is 2.68. The molecular weight excluding hydrogens is 270 g/mol. The Morgan fingerprint density at radius 2 is 1.81 bits per heavy atom. The fourth-order valence-electron chi connectivity index (χ4n) is 2.98. The molecule has 1 aliphatic heterocycles. The Labute approximate surface area is 126 Å². The normalized spacial score (nSPS) is 19.9. The monoisotopic (exact) mass is 295 g/mol. The molecule has 2 unspecified atom stereocenters. The minimum absolute atomic E-state index is 0.126. The molecule has 0 bridgehead atoms. The lowest BCUT2D eigenvalue weighted by Crippen LogP contribution is -2.32. The maximum absolute atomic E-state index is 5.63. The minimum Gasteiger partial charge on any atom is -0.496 e. The van der Waals surface area contributed by atoms with Gasteiger partial charge in [0.1, 0.15) is 17.2 Å². The van der Waals surface area contributed by atoms with Crippen LogP contribution in [0, 0.1) is 5.92 Å². The van der Waals surface area contributed by atoms with E-state index in [9.17, 15) is 0 Å². The van der Waals surface area contributed by atoms with Crippen molar-refractivity contribution in [2.24, 2.45) is 5.92 Å². The molecule has 0 radical (unpaired) electrons. The van der Waals surface area contributed by atoms with Crippen molar-refractivity contribution in [3.05, 3.63) is 17.7 Å². The van der Waals surface area contributed by atoms with E-state index in [-0.39, 0.29) is 6.04 Å². The Morgan fingerprint density at radius 3 is 2.24 bits per heavy atom. The van der Waals surface area contributed by atoms with Gasteiger partial charge >= 0.3 is 0 Å². The van der Waals surface area contributed by atoms with E-state index in [0.717, 1.165) is 48.9 Å². The maximum Gasteiger partial charge on any atom is 0.131 e. The highest BCUT2D eigenvalue weighted by molar-refractivity contribution is 5.52. The summed E-state index contributed by atoms with van der Waals surface area (Å²) < 4.78 is 22.1.